The third-order valence-corrected chi connectivity index (χ3v) is 7.76. The Morgan fingerprint density at radius 1 is 1.27 bits per heavy atom. The van der Waals surface area contributed by atoms with Crippen LogP contribution in [0.2, 0.25) is 0 Å². The van der Waals surface area contributed by atoms with Crippen molar-refractivity contribution in [1.82, 2.24) is 15.1 Å². The number of likely N-dealkylation sites (tertiary alicyclic amines) is 1. The van der Waals surface area contributed by atoms with Crippen molar-refractivity contribution in [3.63, 3.8) is 0 Å². The van der Waals surface area contributed by atoms with Crippen molar-refractivity contribution in [3.05, 3.63) is 29.8 Å². The first-order valence-electron chi connectivity index (χ1n) is 13.0. The number of hydrogen-bond acceptors (Lipinski definition) is 5. The van der Waals surface area contributed by atoms with E-state index in [4.69, 9.17) is 0 Å². The van der Waals surface area contributed by atoms with Gasteiger partial charge >= 0.3 is 0 Å². The van der Waals surface area contributed by atoms with Crippen molar-refractivity contribution in [3.8, 4) is 6.07 Å². The lowest BCUT2D eigenvalue weighted by Crippen LogP contribution is -2.56. The molecule has 2 heterocycles. The minimum atomic E-state index is -0.994. The predicted molar refractivity (Wildman–Crippen MR) is 138 cm³/mol. The number of para-hydroxylation sites is 1. The van der Waals surface area contributed by atoms with Crippen LogP contribution in [-0.2, 0) is 24.6 Å². The number of anilines is 1. The van der Waals surface area contributed by atoms with Gasteiger partial charge in [-0.25, -0.2) is 0 Å². The van der Waals surface area contributed by atoms with Crippen LogP contribution in [0.1, 0.15) is 65.4 Å². The number of rotatable bonds is 7. The van der Waals surface area contributed by atoms with Crippen molar-refractivity contribution in [2.75, 3.05) is 18.9 Å². The van der Waals surface area contributed by atoms with E-state index in [0.29, 0.717) is 24.4 Å². The maximum Gasteiger partial charge on any atom is 0.246 e. The Morgan fingerprint density at radius 2 is 1.95 bits per heavy atom. The molecule has 9 nitrogen and oxygen atoms in total. The van der Waals surface area contributed by atoms with E-state index in [-0.39, 0.29) is 42.0 Å². The van der Waals surface area contributed by atoms with Gasteiger partial charge in [-0.3, -0.25) is 19.2 Å². The highest BCUT2D eigenvalue weighted by atomic mass is 16.2. The number of carbonyl (C=O) groups is 4. The smallest absolute Gasteiger partial charge is 0.246 e. The normalized spacial score (nSPS) is 24.2. The van der Waals surface area contributed by atoms with Crippen LogP contribution in [0.15, 0.2) is 24.3 Å². The van der Waals surface area contributed by atoms with Crippen LogP contribution in [0.5, 0.6) is 0 Å². The third kappa shape index (κ3) is 5.34. The highest BCUT2D eigenvalue weighted by Gasteiger charge is 2.57. The van der Waals surface area contributed by atoms with Crippen molar-refractivity contribution in [2.45, 2.75) is 83.3 Å². The Balaban J connectivity index is 1.63. The number of nitriles is 1. The lowest BCUT2D eigenvalue weighted by atomic mass is 9.80. The van der Waals surface area contributed by atoms with Crippen LogP contribution >= 0.6 is 0 Å². The van der Waals surface area contributed by atoms with Gasteiger partial charge in [0.05, 0.1) is 11.5 Å². The molecule has 1 saturated carbocycles. The third-order valence-electron chi connectivity index (χ3n) is 7.76. The van der Waals surface area contributed by atoms with Gasteiger partial charge in [0, 0.05) is 32.6 Å². The summed E-state index contributed by atoms with van der Waals surface area (Å²) in [5.41, 5.74) is 0.204. The Labute approximate surface area is 218 Å². The van der Waals surface area contributed by atoms with Crippen LogP contribution in [0, 0.1) is 22.7 Å². The monoisotopic (exact) mass is 507 g/mol. The van der Waals surface area contributed by atoms with Crippen molar-refractivity contribution < 1.29 is 19.2 Å². The van der Waals surface area contributed by atoms with E-state index in [1.807, 2.05) is 45.0 Å². The van der Waals surface area contributed by atoms with Gasteiger partial charge in [0.25, 0.3) is 0 Å². The molecule has 9 heteroatoms. The fourth-order valence-corrected chi connectivity index (χ4v) is 5.70. The number of amides is 4. The van der Waals surface area contributed by atoms with Crippen LogP contribution < -0.4 is 10.6 Å². The minimum Gasteiger partial charge on any atom is -0.345 e. The first-order valence-corrected chi connectivity index (χ1v) is 13.0. The van der Waals surface area contributed by atoms with E-state index >= 15 is 0 Å². The second kappa shape index (κ2) is 9.81. The van der Waals surface area contributed by atoms with Crippen molar-refractivity contribution >= 4 is 29.3 Å². The zero-order valence-electron chi connectivity index (χ0n) is 22.3. The molecule has 4 atom stereocenters. The molecule has 3 aliphatic rings. The summed E-state index contributed by atoms with van der Waals surface area (Å²) in [7, 11) is 1.60. The topological polar surface area (TPSA) is 123 Å². The van der Waals surface area contributed by atoms with E-state index in [9.17, 15) is 24.4 Å². The molecule has 2 fully saturated rings. The molecule has 2 aliphatic heterocycles. The SMILES string of the molecule is CC(=O)NC(CC1CC1)C(=O)N(C)[C@@H](CC(C)(C)C)C(=O)N1C[C@]2(C[C@H]1C#N)C(=O)Nc1ccccc12. The lowest BCUT2D eigenvalue weighted by molar-refractivity contribution is -0.147. The highest BCUT2D eigenvalue weighted by molar-refractivity contribution is 6.07. The van der Waals surface area contributed by atoms with Gasteiger partial charge in [-0.05, 0) is 35.8 Å². The molecule has 2 N–H and O–H groups in total. The molecule has 1 aromatic rings. The summed E-state index contributed by atoms with van der Waals surface area (Å²) in [5.74, 6) is -0.761. The van der Waals surface area contributed by atoms with Crippen LogP contribution in [-0.4, -0.2) is 65.1 Å². The summed E-state index contributed by atoms with van der Waals surface area (Å²) < 4.78 is 0. The van der Waals surface area contributed by atoms with Crippen LogP contribution in [0.4, 0.5) is 5.69 Å². The molecule has 198 valence electrons. The van der Waals surface area contributed by atoms with Crippen molar-refractivity contribution in [1.29, 1.82) is 5.26 Å². The summed E-state index contributed by atoms with van der Waals surface area (Å²) in [4.78, 5) is 55.7. The zero-order valence-corrected chi connectivity index (χ0v) is 22.3. The Kier molecular flexibility index (Phi) is 7.06. The van der Waals surface area contributed by atoms with Gasteiger partial charge in [0.1, 0.15) is 18.1 Å². The van der Waals surface area contributed by atoms with Gasteiger partial charge in [-0.15, -0.1) is 0 Å². The Hall–Kier alpha value is -3.41. The van der Waals surface area contributed by atoms with Gasteiger partial charge in [0.2, 0.25) is 23.6 Å². The average molecular weight is 508 g/mol. The number of nitrogens with one attached hydrogen (secondary N) is 2. The standard InChI is InChI=1S/C28H37N5O4/c1-17(34)30-22(12-18-10-11-18)24(35)32(5)23(14-27(2,3)4)25(36)33-16-28(13-19(33)15-29)20-8-6-7-9-21(20)31-26(28)37/h6-9,18-19,22-23H,10-14,16H2,1-5H3,(H,30,34)(H,31,37)/t19-,22?,23-,28-/m0/s1. The molecular weight excluding hydrogens is 470 g/mol. The van der Waals surface area contributed by atoms with Crippen molar-refractivity contribution in [2.24, 2.45) is 11.3 Å². The van der Waals surface area contributed by atoms with E-state index in [1.165, 1.54) is 16.7 Å². The molecule has 4 rings (SSSR count). The summed E-state index contributed by atoms with van der Waals surface area (Å²) in [6.07, 6.45) is 3.17. The minimum absolute atomic E-state index is 0.0762. The molecular formula is C28H37N5O4. The largest absolute Gasteiger partial charge is 0.345 e. The number of nitrogens with zero attached hydrogens (tertiary/aromatic N) is 3. The first-order chi connectivity index (χ1) is 17.4. The Morgan fingerprint density at radius 3 is 2.54 bits per heavy atom. The summed E-state index contributed by atoms with van der Waals surface area (Å²) >= 11 is 0. The number of hydrogen-bond donors (Lipinski definition) is 2. The molecule has 1 aromatic carbocycles. The highest BCUT2D eigenvalue weighted by Crippen LogP contribution is 2.46. The maximum atomic E-state index is 14.1. The number of benzene rings is 1. The van der Waals surface area contributed by atoms with Gasteiger partial charge in [0.15, 0.2) is 0 Å². The van der Waals surface area contributed by atoms with E-state index in [2.05, 4.69) is 16.7 Å². The maximum absolute atomic E-state index is 14.1. The van der Waals surface area contributed by atoms with Crippen LogP contribution in [0.3, 0.4) is 0 Å². The van der Waals surface area contributed by atoms with Crippen LogP contribution in [0.25, 0.3) is 0 Å². The lowest BCUT2D eigenvalue weighted by Gasteiger charge is -2.37. The molecule has 0 aromatic heterocycles. The molecule has 1 spiro atoms. The fourth-order valence-electron chi connectivity index (χ4n) is 5.70. The molecule has 37 heavy (non-hydrogen) atoms. The summed E-state index contributed by atoms with van der Waals surface area (Å²) in [6.45, 7) is 7.45. The molecule has 4 amide bonds. The molecule has 0 bridgehead atoms. The molecule has 1 saturated heterocycles. The average Bonchev–Trinajstić information content (AvgIpc) is 3.49. The second-order valence-electron chi connectivity index (χ2n) is 12.1. The number of fused-ring (bicyclic) bond motifs is 2. The number of carbonyl (C=O) groups excluding carboxylic acids is 4. The Bertz CT molecular complexity index is 1150. The fraction of sp³-hybridized carbons (Fsp3) is 0.607. The summed E-state index contributed by atoms with van der Waals surface area (Å²) in [5, 5.41) is 15.7. The predicted octanol–water partition coefficient (Wildman–Crippen LogP) is 2.57. The molecule has 1 unspecified atom stereocenters. The van der Waals surface area contributed by atoms with E-state index in [1.54, 1.807) is 7.05 Å². The first kappa shape index (κ1) is 26.6. The van der Waals surface area contributed by atoms with E-state index < -0.39 is 23.5 Å². The second-order valence-corrected chi connectivity index (χ2v) is 12.1. The van der Waals surface area contributed by atoms with Gasteiger partial charge in [-0.1, -0.05) is 51.8 Å². The number of likely N-dealkylation sites (N-methyl/N-ethyl adjacent to an activating group) is 1. The molecule has 0 radical (unpaired) electrons. The summed E-state index contributed by atoms with van der Waals surface area (Å²) in [6, 6.07) is 7.28. The quantitative estimate of drug-likeness (QED) is 0.587. The molecule has 1 aliphatic carbocycles. The van der Waals surface area contributed by atoms with Gasteiger partial charge < -0.3 is 20.4 Å². The van der Waals surface area contributed by atoms with Gasteiger partial charge in [-0.2, -0.15) is 5.26 Å². The zero-order chi connectivity index (χ0) is 27.1. The van der Waals surface area contributed by atoms with E-state index in [0.717, 1.165) is 18.4 Å².